The zero-order chi connectivity index (χ0) is 17.4. The zero-order valence-electron chi connectivity index (χ0n) is 14.0. The molecule has 0 spiro atoms. The van der Waals surface area contributed by atoms with Crippen LogP contribution in [-0.2, 0) is 10.0 Å². The summed E-state index contributed by atoms with van der Waals surface area (Å²) in [5.74, 6) is 1.17. The van der Waals surface area contributed by atoms with E-state index in [9.17, 15) is 8.42 Å². The second-order valence-electron chi connectivity index (χ2n) is 5.26. The van der Waals surface area contributed by atoms with Crippen LogP contribution in [0, 0.1) is 0 Å². The van der Waals surface area contributed by atoms with E-state index in [-0.39, 0.29) is 5.75 Å². The summed E-state index contributed by atoms with van der Waals surface area (Å²) < 4.78 is 31.8. The van der Waals surface area contributed by atoms with Crippen LogP contribution in [0.3, 0.4) is 0 Å². The van der Waals surface area contributed by atoms with Crippen LogP contribution in [0.15, 0.2) is 42.6 Å². The number of hydrogen-bond acceptors (Lipinski definition) is 5. The lowest BCUT2D eigenvalue weighted by molar-refractivity contribution is 0.342. The molecule has 1 aromatic carbocycles. The SMILES string of the molecule is CCCCS(=O)(=O)Nc1ccc(Nc2ccccc2OCC)cn1. The van der Waals surface area contributed by atoms with Gasteiger partial charge in [0, 0.05) is 0 Å². The lowest BCUT2D eigenvalue weighted by Gasteiger charge is -2.12. The first-order chi connectivity index (χ1) is 11.5. The molecular formula is C17H23N3O3S. The van der Waals surface area contributed by atoms with Gasteiger partial charge in [-0.2, -0.15) is 0 Å². The number of anilines is 3. The van der Waals surface area contributed by atoms with Gasteiger partial charge in [0.05, 0.1) is 29.9 Å². The predicted molar refractivity (Wildman–Crippen MR) is 97.4 cm³/mol. The minimum absolute atomic E-state index is 0.104. The number of sulfonamides is 1. The van der Waals surface area contributed by atoms with Crippen molar-refractivity contribution < 1.29 is 13.2 Å². The molecule has 2 aromatic rings. The lowest BCUT2D eigenvalue weighted by Crippen LogP contribution is -2.17. The summed E-state index contributed by atoms with van der Waals surface area (Å²) in [4.78, 5) is 4.15. The fraction of sp³-hybridized carbons (Fsp3) is 0.353. The van der Waals surface area contributed by atoms with E-state index < -0.39 is 10.0 Å². The normalized spacial score (nSPS) is 11.1. The number of pyridine rings is 1. The molecule has 0 aliphatic rings. The van der Waals surface area contributed by atoms with Crippen LogP contribution < -0.4 is 14.8 Å². The van der Waals surface area contributed by atoms with Gasteiger partial charge in [-0.05, 0) is 37.6 Å². The highest BCUT2D eigenvalue weighted by molar-refractivity contribution is 7.92. The molecule has 130 valence electrons. The first-order valence-electron chi connectivity index (χ1n) is 7.99. The molecule has 1 heterocycles. The second kappa shape index (κ2) is 8.54. The smallest absolute Gasteiger partial charge is 0.233 e. The Balaban J connectivity index is 2.05. The summed E-state index contributed by atoms with van der Waals surface area (Å²) >= 11 is 0. The average Bonchev–Trinajstić information content (AvgIpc) is 2.57. The number of nitrogens with one attached hydrogen (secondary N) is 2. The molecule has 0 radical (unpaired) electrons. The Morgan fingerprint density at radius 3 is 2.58 bits per heavy atom. The van der Waals surface area contributed by atoms with E-state index in [4.69, 9.17) is 4.74 Å². The fourth-order valence-electron chi connectivity index (χ4n) is 2.08. The van der Waals surface area contributed by atoms with Crippen LogP contribution in [-0.4, -0.2) is 25.8 Å². The van der Waals surface area contributed by atoms with Gasteiger partial charge >= 0.3 is 0 Å². The number of rotatable bonds is 9. The molecule has 0 saturated carbocycles. The summed E-state index contributed by atoms with van der Waals surface area (Å²) in [7, 11) is -3.34. The summed E-state index contributed by atoms with van der Waals surface area (Å²) in [6.07, 6.45) is 3.04. The van der Waals surface area contributed by atoms with Gasteiger partial charge in [0.1, 0.15) is 11.6 Å². The zero-order valence-corrected chi connectivity index (χ0v) is 14.8. The third kappa shape index (κ3) is 5.42. The highest BCUT2D eigenvalue weighted by atomic mass is 32.2. The molecule has 0 atom stereocenters. The van der Waals surface area contributed by atoms with Crippen molar-refractivity contribution in [3.63, 3.8) is 0 Å². The molecule has 2 N–H and O–H groups in total. The number of para-hydroxylation sites is 2. The number of nitrogens with zero attached hydrogens (tertiary/aromatic N) is 1. The van der Waals surface area contributed by atoms with Crippen molar-refractivity contribution in [2.45, 2.75) is 26.7 Å². The Hall–Kier alpha value is -2.28. The van der Waals surface area contributed by atoms with Crippen LogP contribution >= 0.6 is 0 Å². The van der Waals surface area contributed by atoms with Gasteiger partial charge in [-0.15, -0.1) is 0 Å². The molecule has 7 heteroatoms. The molecule has 0 aliphatic heterocycles. The molecule has 0 amide bonds. The van der Waals surface area contributed by atoms with Crippen LogP contribution in [0.1, 0.15) is 26.7 Å². The van der Waals surface area contributed by atoms with E-state index >= 15 is 0 Å². The molecule has 0 unspecified atom stereocenters. The van der Waals surface area contributed by atoms with Crippen molar-refractivity contribution in [1.29, 1.82) is 0 Å². The summed E-state index contributed by atoms with van der Waals surface area (Å²) in [6.45, 7) is 4.46. The largest absolute Gasteiger partial charge is 0.492 e. The van der Waals surface area contributed by atoms with Gasteiger partial charge in [0.15, 0.2) is 0 Å². The van der Waals surface area contributed by atoms with E-state index in [1.54, 1.807) is 18.3 Å². The van der Waals surface area contributed by atoms with E-state index in [0.717, 1.165) is 23.5 Å². The Kier molecular flexibility index (Phi) is 6.43. The van der Waals surface area contributed by atoms with Gasteiger partial charge in [0.2, 0.25) is 10.0 Å². The highest BCUT2D eigenvalue weighted by Gasteiger charge is 2.10. The van der Waals surface area contributed by atoms with Crippen molar-refractivity contribution in [3.8, 4) is 5.75 Å². The maximum Gasteiger partial charge on any atom is 0.233 e. The third-order valence-electron chi connectivity index (χ3n) is 3.26. The van der Waals surface area contributed by atoms with Crippen LogP contribution in [0.25, 0.3) is 0 Å². The molecule has 24 heavy (non-hydrogen) atoms. The summed E-state index contributed by atoms with van der Waals surface area (Å²) in [5.41, 5.74) is 1.58. The molecule has 0 fully saturated rings. The van der Waals surface area contributed by atoms with Crippen molar-refractivity contribution in [3.05, 3.63) is 42.6 Å². The van der Waals surface area contributed by atoms with Gasteiger partial charge in [-0.25, -0.2) is 13.4 Å². The predicted octanol–water partition coefficient (Wildman–Crippen LogP) is 3.77. The van der Waals surface area contributed by atoms with E-state index in [1.165, 1.54) is 0 Å². The van der Waals surface area contributed by atoms with E-state index in [2.05, 4.69) is 15.0 Å². The number of ether oxygens (including phenoxy) is 1. The second-order valence-corrected chi connectivity index (χ2v) is 7.10. The Morgan fingerprint density at radius 2 is 1.92 bits per heavy atom. The van der Waals surface area contributed by atoms with Gasteiger partial charge in [0.25, 0.3) is 0 Å². The van der Waals surface area contributed by atoms with Gasteiger partial charge in [-0.3, -0.25) is 4.72 Å². The Bertz CT molecular complexity index is 746. The number of unbranched alkanes of at least 4 members (excludes halogenated alkanes) is 1. The topological polar surface area (TPSA) is 80.3 Å². The number of aromatic nitrogens is 1. The lowest BCUT2D eigenvalue weighted by atomic mass is 10.2. The molecule has 1 aromatic heterocycles. The Labute approximate surface area is 143 Å². The molecular weight excluding hydrogens is 326 g/mol. The highest BCUT2D eigenvalue weighted by Crippen LogP contribution is 2.27. The van der Waals surface area contributed by atoms with Crippen molar-refractivity contribution in [1.82, 2.24) is 4.98 Å². The average molecular weight is 349 g/mol. The van der Waals surface area contributed by atoms with Crippen LogP contribution in [0.2, 0.25) is 0 Å². The first-order valence-corrected chi connectivity index (χ1v) is 9.64. The van der Waals surface area contributed by atoms with E-state index in [0.29, 0.717) is 18.8 Å². The quantitative estimate of drug-likeness (QED) is 0.720. The van der Waals surface area contributed by atoms with Crippen molar-refractivity contribution >= 4 is 27.2 Å². The molecule has 0 aliphatic carbocycles. The molecule has 0 saturated heterocycles. The third-order valence-corrected chi connectivity index (χ3v) is 4.60. The summed E-state index contributed by atoms with van der Waals surface area (Å²) in [6, 6.07) is 11.0. The molecule has 0 bridgehead atoms. The summed E-state index contributed by atoms with van der Waals surface area (Å²) in [5, 5.41) is 3.22. The van der Waals surface area contributed by atoms with Crippen molar-refractivity contribution in [2.24, 2.45) is 0 Å². The standard InChI is InChI=1S/C17H23N3O3S/c1-3-5-12-24(21,22)20-17-11-10-14(13-18-17)19-15-8-6-7-9-16(15)23-4-2/h6-11,13,19H,3-5,12H2,1-2H3,(H,18,20). The number of hydrogen-bond donors (Lipinski definition) is 2. The van der Waals surface area contributed by atoms with E-state index in [1.807, 2.05) is 38.1 Å². The monoisotopic (exact) mass is 349 g/mol. The minimum atomic E-state index is -3.34. The van der Waals surface area contributed by atoms with Gasteiger partial charge in [-0.1, -0.05) is 25.5 Å². The van der Waals surface area contributed by atoms with Crippen molar-refractivity contribution in [2.75, 3.05) is 22.4 Å². The minimum Gasteiger partial charge on any atom is -0.492 e. The number of benzene rings is 1. The van der Waals surface area contributed by atoms with Crippen LogP contribution in [0.4, 0.5) is 17.2 Å². The Morgan fingerprint density at radius 1 is 1.12 bits per heavy atom. The van der Waals surface area contributed by atoms with Crippen LogP contribution in [0.5, 0.6) is 5.75 Å². The molecule has 2 rings (SSSR count). The maximum atomic E-state index is 11.9. The fourth-order valence-corrected chi connectivity index (χ4v) is 3.29. The first kappa shape index (κ1) is 18.1. The maximum absolute atomic E-state index is 11.9. The van der Waals surface area contributed by atoms with Gasteiger partial charge < -0.3 is 10.1 Å². The molecule has 6 nitrogen and oxygen atoms in total.